The molecule has 0 aliphatic heterocycles. The Morgan fingerprint density at radius 2 is 1.73 bits per heavy atom. The molecule has 0 atom stereocenters. The predicted octanol–water partition coefficient (Wildman–Crippen LogP) is -2.30. The molecule has 0 spiro atoms. The molecule has 0 unspecified atom stereocenters. The number of nitrogens with two attached hydrogens (primary N) is 1. The molecule has 2 nitrogen and oxygen atoms in total. The van der Waals surface area contributed by atoms with Gasteiger partial charge >= 0.3 is 0 Å². The Morgan fingerprint density at radius 3 is 2.27 bits per heavy atom. The molecule has 1 heterocycles. The van der Waals surface area contributed by atoms with Crippen molar-refractivity contribution in [2.75, 3.05) is 5.73 Å². The zero-order chi connectivity index (χ0) is 8.59. The van der Waals surface area contributed by atoms with Crippen LogP contribution in [-0.2, 0) is 0 Å². The topological polar surface area (TPSA) is 38.9 Å². The summed E-state index contributed by atoms with van der Waals surface area (Å²) in [7, 11) is 16.2. The number of aromatic nitrogens is 1. The Balaban J connectivity index is 3.46. The maximum atomic E-state index is 5.61. The number of hydrogen-bond acceptors (Lipinski definition) is 2. The highest BCUT2D eigenvalue weighted by Gasteiger charge is 2.05. The maximum Gasteiger partial charge on any atom is 0.143 e. The van der Waals surface area contributed by atoms with Crippen LogP contribution in [0, 0.1) is 0 Å². The van der Waals surface area contributed by atoms with Gasteiger partial charge in [0, 0.05) is 10.6 Å². The van der Waals surface area contributed by atoms with Gasteiger partial charge in [0.25, 0.3) is 0 Å². The summed E-state index contributed by atoms with van der Waals surface area (Å²) >= 11 is 5.61. The predicted molar refractivity (Wildman–Crippen MR) is 49.8 cm³/mol. The first-order chi connectivity index (χ1) is 5.04. The summed E-state index contributed by atoms with van der Waals surface area (Å²) in [5.41, 5.74) is 5.78. The molecule has 1 aromatic heterocycles. The first-order valence-corrected chi connectivity index (χ1v) is 3.17. The van der Waals surface area contributed by atoms with Gasteiger partial charge in [-0.3, -0.25) is 0 Å². The van der Waals surface area contributed by atoms with Crippen LogP contribution in [0.2, 0.25) is 5.02 Å². The van der Waals surface area contributed by atoms with Crippen LogP contribution < -0.4 is 22.3 Å². The molecule has 0 aromatic carbocycles. The zero-order valence-corrected chi connectivity index (χ0v) is 6.39. The van der Waals surface area contributed by atoms with Crippen LogP contribution in [0.5, 0.6) is 0 Å². The first-order valence-electron chi connectivity index (χ1n) is 2.79. The summed E-state index contributed by atoms with van der Waals surface area (Å²) in [5.74, 6) is 0.101. The molecular formula is C5H2B3ClN2. The average Bonchev–Trinajstić information content (AvgIpc) is 1.97. The second-order valence-corrected chi connectivity index (χ2v) is 2.40. The molecule has 2 N–H and O–H groups in total. The van der Waals surface area contributed by atoms with Gasteiger partial charge in [-0.15, -0.1) is 0 Å². The van der Waals surface area contributed by atoms with E-state index >= 15 is 0 Å². The number of nitrogen functional groups attached to an aromatic ring is 1. The van der Waals surface area contributed by atoms with E-state index in [9.17, 15) is 0 Å². The summed E-state index contributed by atoms with van der Waals surface area (Å²) in [6, 6.07) is 0. The van der Waals surface area contributed by atoms with Crippen molar-refractivity contribution in [3.63, 3.8) is 0 Å². The molecular weight excluding hydrogens is 156 g/mol. The lowest BCUT2D eigenvalue weighted by Gasteiger charge is -2.08. The third kappa shape index (κ3) is 1.38. The maximum absolute atomic E-state index is 5.61. The summed E-state index contributed by atoms with van der Waals surface area (Å²) in [6.07, 6.45) is 0. The Morgan fingerprint density at radius 1 is 1.18 bits per heavy atom. The molecule has 0 saturated heterocycles. The van der Waals surface area contributed by atoms with Crippen LogP contribution in [0.3, 0.4) is 0 Å². The monoisotopic (exact) mass is 158 g/mol. The van der Waals surface area contributed by atoms with Crippen molar-refractivity contribution in [2.24, 2.45) is 0 Å². The quantitative estimate of drug-likeness (QED) is 0.431. The molecule has 0 amide bonds. The first kappa shape index (κ1) is 8.53. The molecule has 1 rings (SSSR count). The zero-order valence-electron chi connectivity index (χ0n) is 5.63. The Hall–Kier alpha value is -0.565. The molecule has 0 fully saturated rings. The lowest BCUT2D eigenvalue weighted by molar-refractivity contribution is 1.43. The summed E-state index contributed by atoms with van der Waals surface area (Å²) in [6.45, 7) is 0. The van der Waals surface area contributed by atoms with Crippen molar-refractivity contribution in [2.45, 2.75) is 0 Å². The van der Waals surface area contributed by atoms with Gasteiger partial charge < -0.3 is 5.73 Å². The SMILES string of the molecule is [B]c1nc(N)c([B])c([B])c1Cl. The van der Waals surface area contributed by atoms with E-state index in [1.807, 2.05) is 0 Å². The lowest BCUT2D eigenvalue weighted by Crippen LogP contribution is -2.36. The number of anilines is 1. The van der Waals surface area contributed by atoms with Crippen LogP contribution in [0.15, 0.2) is 0 Å². The standard InChI is InChI=1S/C5H2B3ClN2/c6-1-2(7)5(10)11-4(8)3(1)9/h(H2,10,11). The molecule has 1 aromatic rings. The lowest BCUT2D eigenvalue weighted by atomic mass is 9.79. The van der Waals surface area contributed by atoms with Gasteiger partial charge in [-0.25, -0.2) is 4.98 Å². The van der Waals surface area contributed by atoms with Crippen LogP contribution in [0.1, 0.15) is 0 Å². The minimum atomic E-state index is 0.0934. The molecule has 0 aliphatic carbocycles. The van der Waals surface area contributed by atoms with Crippen molar-refractivity contribution < 1.29 is 0 Å². The van der Waals surface area contributed by atoms with E-state index in [-0.39, 0.29) is 27.4 Å². The molecule has 0 saturated carbocycles. The van der Waals surface area contributed by atoms with Gasteiger partial charge in [0.2, 0.25) is 0 Å². The minimum absolute atomic E-state index is 0.0934. The van der Waals surface area contributed by atoms with Gasteiger partial charge in [0.1, 0.15) is 29.4 Å². The van der Waals surface area contributed by atoms with E-state index in [0.29, 0.717) is 0 Å². The summed E-state index contributed by atoms with van der Waals surface area (Å²) in [5, 5.41) is 0.150. The van der Waals surface area contributed by atoms with E-state index in [0.717, 1.165) is 0 Å². The fraction of sp³-hybridized carbons (Fsp3) is 0. The second kappa shape index (κ2) is 2.82. The van der Waals surface area contributed by atoms with Gasteiger partial charge in [-0.05, 0) is 0 Å². The molecule has 48 valence electrons. The number of halogens is 1. The number of rotatable bonds is 0. The van der Waals surface area contributed by atoms with E-state index in [1.54, 1.807) is 0 Å². The van der Waals surface area contributed by atoms with Crippen molar-refractivity contribution in [3.05, 3.63) is 5.02 Å². The molecule has 0 bridgehead atoms. The van der Waals surface area contributed by atoms with E-state index in [1.165, 1.54) is 0 Å². The van der Waals surface area contributed by atoms with Crippen molar-refractivity contribution in [3.8, 4) is 0 Å². The second-order valence-electron chi connectivity index (χ2n) is 2.02. The van der Waals surface area contributed by atoms with Crippen molar-refractivity contribution in [1.82, 2.24) is 4.98 Å². The normalized spacial score (nSPS) is 9.91. The molecule has 0 aliphatic rings. The Labute approximate surface area is 73.7 Å². The smallest absolute Gasteiger partial charge is 0.143 e. The van der Waals surface area contributed by atoms with Crippen molar-refractivity contribution in [1.29, 1.82) is 0 Å². The minimum Gasteiger partial charge on any atom is -0.384 e. The summed E-state index contributed by atoms with van der Waals surface area (Å²) in [4.78, 5) is 3.65. The molecule has 11 heavy (non-hydrogen) atoms. The third-order valence-electron chi connectivity index (χ3n) is 1.27. The third-order valence-corrected chi connectivity index (χ3v) is 1.67. The van der Waals surface area contributed by atoms with Gasteiger partial charge in [-0.2, -0.15) is 0 Å². The summed E-state index contributed by atoms with van der Waals surface area (Å²) < 4.78 is 0. The highest BCUT2D eigenvalue weighted by Crippen LogP contribution is 1.97. The van der Waals surface area contributed by atoms with Gasteiger partial charge in [0.05, 0.1) is 0 Å². The number of pyridine rings is 1. The van der Waals surface area contributed by atoms with Gasteiger partial charge in [0.15, 0.2) is 0 Å². The van der Waals surface area contributed by atoms with E-state index < -0.39 is 0 Å². The molecule has 6 radical (unpaired) electrons. The van der Waals surface area contributed by atoms with E-state index in [2.05, 4.69) is 4.98 Å². The largest absolute Gasteiger partial charge is 0.384 e. The van der Waals surface area contributed by atoms with Crippen LogP contribution in [0.4, 0.5) is 5.82 Å². The highest BCUT2D eigenvalue weighted by atomic mass is 35.5. The number of hydrogen-bond donors (Lipinski definition) is 1. The van der Waals surface area contributed by atoms with E-state index in [4.69, 9.17) is 40.9 Å². The molecule has 6 heteroatoms. The van der Waals surface area contributed by atoms with Crippen molar-refractivity contribution >= 4 is 57.5 Å². The Kier molecular flexibility index (Phi) is 2.19. The van der Waals surface area contributed by atoms with Crippen LogP contribution >= 0.6 is 11.6 Å². The fourth-order valence-electron chi connectivity index (χ4n) is 0.633. The van der Waals surface area contributed by atoms with Gasteiger partial charge in [-0.1, -0.05) is 22.5 Å². The number of nitrogens with zero attached hydrogens (tertiary/aromatic N) is 1. The van der Waals surface area contributed by atoms with Crippen LogP contribution in [-0.4, -0.2) is 28.5 Å². The Bertz CT molecular complexity index is 276. The highest BCUT2D eigenvalue weighted by molar-refractivity contribution is 6.59. The van der Waals surface area contributed by atoms with Crippen LogP contribution in [0.25, 0.3) is 0 Å². The fourth-order valence-corrected chi connectivity index (χ4v) is 0.777. The average molecular weight is 158 g/mol.